The van der Waals surface area contributed by atoms with Crippen LogP contribution in [0, 0.1) is 20.2 Å². The van der Waals surface area contributed by atoms with Crippen molar-refractivity contribution in [3.05, 3.63) is 182 Å². The highest BCUT2D eigenvalue weighted by atomic mass is 35.5. The van der Waals surface area contributed by atoms with Crippen LogP contribution >= 0.6 is 116 Å². The van der Waals surface area contributed by atoms with Gasteiger partial charge in [0.1, 0.15) is 0 Å². The van der Waals surface area contributed by atoms with E-state index in [0.29, 0.717) is 76.5 Å². The van der Waals surface area contributed by atoms with Crippen LogP contribution in [-0.2, 0) is 0 Å². The van der Waals surface area contributed by atoms with Gasteiger partial charge in [-0.25, -0.2) is 0 Å². The van der Waals surface area contributed by atoms with Crippen molar-refractivity contribution in [2.24, 2.45) is 0 Å². The van der Waals surface area contributed by atoms with E-state index in [1.165, 1.54) is 72.4 Å². The average Bonchev–Trinajstić information content (AvgIpc) is 3.28. The third kappa shape index (κ3) is 11.0. The molecule has 0 aliphatic carbocycles. The van der Waals surface area contributed by atoms with E-state index < -0.39 is 9.85 Å². The number of rotatable bonds is 10. The zero-order chi connectivity index (χ0) is 50.9. The molecule has 8 aromatic rings. The number of halogens is 8. The van der Waals surface area contributed by atoms with E-state index in [4.69, 9.17) is 127 Å². The number of nitrogens with two attached hydrogens (primary N) is 6. The van der Waals surface area contributed by atoms with E-state index in [2.05, 4.69) is 0 Å². The maximum absolute atomic E-state index is 12.3. The minimum atomic E-state index is -0.615. The van der Waals surface area contributed by atoms with Crippen LogP contribution in [0.2, 0.25) is 40.2 Å². The maximum atomic E-state index is 12.3. The summed E-state index contributed by atoms with van der Waals surface area (Å²) in [6.07, 6.45) is 0. The van der Waals surface area contributed by atoms with E-state index in [-0.39, 0.29) is 63.5 Å². The first-order chi connectivity index (χ1) is 33.2. The van der Waals surface area contributed by atoms with Crippen LogP contribution in [0.3, 0.4) is 0 Å². The number of hydrogen-bond donors (Lipinski definition) is 6. The predicted octanol–water partition coefficient (Wildman–Crippen LogP) is 16.9. The van der Waals surface area contributed by atoms with E-state index in [9.17, 15) is 20.2 Å². The summed E-state index contributed by atoms with van der Waals surface area (Å²) in [5.74, 6) is 0. The molecule has 0 amide bonds. The molecule has 0 aromatic heterocycles. The molecule has 22 heteroatoms. The molecule has 8 aromatic carbocycles. The number of nitro groups is 2. The van der Waals surface area contributed by atoms with Gasteiger partial charge in [0.25, 0.3) is 11.4 Å². The van der Waals surface area contributed by atoms with Gasteiger partial charge < -0.3 is 34.4 Å². The third-order valence-corrected chi connectivity index (χ3v) is 15.1. The Kier molecular flexibility index (Phi) is 16.3. The summed E-state index contributed by atoms with van der Waals surface area (Å²) >= 11 is 53.4. The molecule has 12 N–H and O–H groups in total. The molecule has 356 valence electrons. The summed E-state index contributed by atoms with van der Waals surface area (Å²) in [5.41, 5.74) is 41.6. The topological polar surface area (TPSA) is 242 Å². The van der Waals surface area contributed by atoms with Gasteiger partial charge in [-0.2, -0.15) is 0 Å². The molecule has 0 atom stereocenters. The summed E-state index contributed by atoms with van der Waals surface area (Å²) in [4.78, 5) is 25.0. The Morgan fingerprint density at radius 1 is 0.329 bits per heavy atom. The second-order valence-electron chi connectivity index (χ2n) is 14.9. The molecule has 0 aliphatic rings. The molecule has 0 bridgehead atoms. The minimum Gasteiger partial charge on any atom is -0.399 e. The van der Waals surface area contributed by atoms with Gasteiger partial charge in [0.05, 0.1) is 82.3 Å². The Morgan fingerprint density at radius 3 is 0.843 bits per heavy atom. The van der Waals surface area contributed by atoms with E-state index in [1.807, 2.05) is 12.1 Å². The number of nitrogen functional groups attached to an aromatic ring is 6. The van der Waals surface area contributed by atoms with Crippen LogP contribution in [0.1, 0.15) is 0 Å². The van der Waals surface area contributed by atoms with Gasteiger partial charge in [-0.3, -0.25) is 20.2 Å². The fourth-order valence-corrected chi connectivity index (χ4v) is 11.3. The highest BCUT2D eigenvalue weighted by molar-refractivity contribution is 8.00. The van der Waals surface area contributed by atoms with Gasteiger partial charge in [0.2, 0.25) is 0 Å². The molecule has 0 unspecified atom stereocenters. The van der Waals surface area contributed by atoms with Crippen LogP contribution in [0.4, 0.5) is 45.5 Å². The highest BCUT2D eigenvalue weighted by Gasteiger charge is 2.31. The van der Waals surface area contributed by atoms with Crippen molar-refractivity contribution >= 4 is 162 Å². The number of hydrogen-bond acceptors (Lipinski definition) is 12. The number of nitrogens with zero attached hydrogens (tertiary/aromatic N) is 2. The van der Waals surface area contributed by atoms with Crippen molar-refractivity contribution in [2.75, 3.05) is 34.4 Å². The van der Waals surface area contributed by atoms with Crippen molar-refractivity contribution in [1.29, 1.82) is 0 Å². The quantitative estimate of drug-likeness (QED) is 0.0426. The van der Waals surface area contributed by atoms with Crippen molar-refractivity contribution in [2.45, 2.75) is 19.6 Å². The summed E-state index contributed by atoms with van der Waals surface area (Å²) < 4.78 is 0. The Morgan fingerprint density at radius 2 is 0.571 bits per heavy atom. The van der Waals surface area contributed by atoms with Crippen LogP contribution in [0.5, 0.6) is 0 Å². The number of benzene rings is 8. The smallest absolute Gasteiger partial charge is 0.292 e. The lowest BCUT2D eigenvalue weighted by atomic mass is 10.0. The molecule has 0 heterocycles. The van der Waals surface area contributed by atoms with Crippen LogP contribution in [0.25, 0.3) is 44.5 Å². The van der Waals surface area contributed by atoms with Crippen molar-refractivity contribution < 1.29 is 9.85 Å². The lowest BCUT2D eigenvalue weighted by Crippen LogP contribution is -1.99. The van der Waals surface area contributed by atoms with Gasteiger partial charge in [0, 0.05) is 65.9 Å². The van der Waals surface area contributed by atoms with E-state index in [0.717, 1.165) is 21.6 Å². The molecule has 0 saturated carbocycles. The Hall–Kier alpha value is -5.62. The second kappa shape index (κ2) is 21.8. The van der Waals surface area contributed by atoms with E-state index >= 15 is 0 Å². The van der Waals surface area contributed by atoms with Crippen molar-refractivity contribution in [1.82, 2.24) is 0 Å². The monoisotopic (exact) mass is 1130 g/mol. The maximum Gasteiger partial charge on any atom is 0.292 e. The Labute approximate surface area is 448 Å². The predicted molar refractivity (Wildman–Crippen MR) is 296 cm³/mol. The summed E-state index contributed by atoms with van der Waals surface area (Å²) in [7, 11) is 0. The molecule has 0 saturated heterocycles. The molecule has 12 nitrogen and oxygen atoms in total. The number of anilines is 6. The Balaban J connectivity index is 0.000000208. The standard InChI is InChI=1S/C24H14Cl4N4O4S.C24H18Cl4N4S/c25-15-5-7-19(23(31(33)34)21(15)13-3-1-11(29)9-17(13)27)37-20-8-6-16(26)22(24(20)32(35)36)14-4-2-12(30)10-18(14)28;25-15-5-7-19(23(31)21(15)13-3-1-11(29)9-17(13)27)33-20-8-6-16(26)22(24(20)32)14-4-2-12(30)10-18(14)28/h1-10H,29-30H2;1-10H,29-32H2. The summed E-state index contributed by atoms with van der Waals surface area (Å²) in [5, 5.41) is 26.8. The molecule has 0 spiro atoms. The lowest BCUT2D eigenvalue weighted by molar-refractivity contribution is -0.387. The molecule has 0 fully saturated rings. The first kappa shape index (κ1) is 52.2. The summed E-state index contributed by atoms with van der Waals surface area (Å²) in [6, 6.07) is 32.3. The average molecular weight is 1130 g/mol. The van der Waals surface area contributed by atoms with Gasteiger partial charge in [-0.1, -0.05) is 141 Å². The van der Waals surface area contributed by atoms with Gasteiger partial charge in [-0.15, -0.1) is 0 Å². The fraction of sp³-hybridized carbons (Fsp3) is 0. The highest BCUT2D eigenvalue weighted by Crippen LogP contribution is 2.52. The molecular weight excluding hydrogens is 1100 g/mol. The molecular formula is C48H32Cl8N8O4S2. The first-order valence-electron chi connectivity index (χ1n) is 19.8. The van der Waals surface area contributed by atoms with Crippen LogP contribution < -0.4 is 34.4 Å². The van der Waals surface area contributed by atoms with Gasteiger partial charge in [0.15, 0.2) is 0 Å². The fourth-order valence-electron chi connectivity index (χ4n) is 7.18. The first-order valence-corrected chi connectivity index (χ1v) is 24.5. The van der Waals surface area contributed by atoms with Crippen molar-refractivity contribution in [3.63, 3.8) is 0 Å². The normalized spacial score (nSPS) is 11.0. The van der Waals surface area contributed by atoms with Crippen LogP contribution in [0.15, 0.2) is 141 Å². The van der Waals surface area contributed by atoms with Crippen LogP contribution in [-0.4, -0.2) is 9.85 Å². The minimum absolute atomic E-state index is 0.0556. The second-order valence-corrected chi connectivity index (χ2v) is 20.3. The largest absolute Gasteiger partial charge is 0.399 e. The zero-order valence-corrected chi connectivity index (χ0v) is 43.1. The SMILES string of the molecule is Nc1ccc(-c2c(Cl)ccc(Sc3ccc(Cl)c(-c4ccc(N)cc4Cl)c3N)c2N)c(Cl)c1.Nc1ccc(-c2c(Cl)ccc(Sc3ccc(Cl)c(-c4ccc(N)cc4Cl)c3[N+](=O)[O-])c2[N+](=O)[O-])c(Cl)c1. The van der Waals surface area contributed by atoms with Gasteiger partial charge in [-0.05, 0) is 97.1 Å². The van der Waals surface area contributed by atoms with Crippen molar-refractivity contribution in [3.8, 4) is 44.5 Å². The number of nitro benzene ring substituents is 2. The molecule has 0 aliphatic heterocycles. The van der Waals surface area contributed by atoms with Gasteiger partial charge >= 0.3 is 0 Å². The lowest BCUT2D eigenvalue weighted by Gasteiger charge is -2.17. The summed E-state index contributed by atoms with van der Waals surface area (Å²) in [6.45, 7) is 0. The zero-order valence-electron chi connectivity index (χ0n) is 35.4. The molecule has 0 radical (unpaired) electrons. The Bertz CT molecular complexity index is 3220. The molecule has 70 heavy (non-hydrogen) atoms. The molecule has 8 rings (SSSR count). The third-order valence-electron chi connectivity index (χ3n) is 10.3. The van der Waals surface area contributed by atoms with E-state index in [1.54, 1.807) is 48.5 Å².